The third-order valence-corrected chi connectivity index (χ3v) is 4.42. The second kappa shape index (κ2) is 7.34. The van der Waals surface area contributed by atoms with Gasteiger partial charge in [0, 0.05) is 25.0 Å². The van der Waals surface area contributed by atoms with Crippen LogP contribution in [0.4, 0.5) is 0 Å². The van der Waals surface area contributed by atoms with Gasteiger partial charge in [-0.2, -0.15) is 0 Å². The van der Waals surface area contributed by atoms with Crippen molar-refractivity contribution in [2.75, 3.05) is 25.5 Å². The van der Waals surface area contributed by atoms with Gasteiger partial charge in [0.1, 0.15) is 0 Å². The number of alkyl halides is 1. The van der Waals surface area contributed by atoms with Crippen LogP contribution in [0.5, 0.6) is 0 Å². The molecule has 21 heavy (non-hydrogen) atoms. The molecule has 0 amide bonds. The minimum absolute atomic E-state index is 0. The lowest BCUT2D eigenvalue weighted by molar-refractivity contribution is 0.187. The Bertz CT molecular complexity index is 629. The van der Waals surface area contributed by atoms with Crippen LogP contribution in [0, 0.1) is 0 Å². The minimum atomic E-state index is 0. The molecule has 0 spiro atoms. The predicted octanol–water partition coefficient (Wildman–Crippen LogP) is 3.02. The van der Waals surface area contributed by atoms with Gasteiger partial charge in [0.05, 0.1) is 11.0 Å². The summed E-state index contributed by atoms with van der Waals surface area (Å²) in [4.78, 5) is 17.6. The van der Waals surface area contributed by atoms with Crippen molar-refractivity contribution < 1.29 is 0 Å². The summed E-state index contributed by atoms with van der Waals surface area (Å²) >= 11 is 5.74. The van der Waals surface area contributed by atoms with Gasteiger partial charge in [0.2, 0.25) is 0 Å². The van der Waals surface area contributed by atoms with Crippen LogP contribution in [-0.4, -0.2) is 40.0 Å². The van der Waals surface area contributed by atoms with E-state index in [1.165, 1.54) is 0 Å². The lowest BCUT2D eigenvalue weighted by Gasteiger charge is -2.32. The van der Waals surface area contributed by atoms with Crippen LogP contribution in [0.25, 0.3) is 11.0 Å². The summed E-state index contributed by atoms with van der Waals surface area (Å²) in [7, 11) is 0. The van der Waals surface area contributed by atoms with Crippen LogP contribution in [0.15, 0.2) is 29.1 Å². The Labute approximate surface area is 135 Å². The van der Waals surface area contributed by atoms with Crippen molar-refractivity contribution in [2.45, 2.75) is 25.3 Å². The fraction of sp³-hybridized carbons (Fsp3) is 0.533. The molecule has 1 saturated heterocycles. The first-order valence-corrected chi connectivity index (χ1v) is 7.80. The number of aromatic amines is 1. The maximum absolute atomic E-state index is 12.2. The maximum Gasteiger partial charge on any atom is 0.326 e. The summed E-state index contributed by atoms with van der Waals surface area (Å²) in [6, 6.07) is 8.24. The predicted molar refractivity (Wildman–Crippen MR) is 89.9 cm³/mol. The van der Waals surface area contributed by atoms with Gasteiger partial charge in [-0.05, 0) is 37.9 Å². The second-order valence-electron chi connectivity index (χ2n) is 5.43. The third-order valence-electron chi connectivity index (χ3n) is 4.15. The van der Waals surface area contributed by atoms with Gasteiger partial charge in [0.25, 0.3) is 0 Å². The molecule has 0 atom stereocenters. The number of rotatable bonds is 4. The highest BCUT2D eigenvalue weighted by atomic mass is 35.5. The number of para-hydroxylation sites is 2. The fourth-order valence-electron chi connectivity index (χ4n) is 3.12. The molecule has 0 radical (unpaired) electrons. The van der Waals surface area contributed by atoms with E-state index in [1.54, 1.807) is 0 Å². The highest BCUT2D eigenvalue weighted by Crippen LogP contribution is 2.24. The number of piperidine rings is 1. The number of benzene rings is 1. The van der Waals surface area contributed by atoms with Gasteiger partial charge in [-0.1, -0.05) is 12.1 Å². The van der Waals surface area contributed by atoms with E-state index in [0.29, 0.717) is 6.04 Å². The number of hydrogen-bond acceptors (Lipinski definition) is 2. The van der Waals surface area contributed by atoms with Crippen molar-refractivity contribution >= 4 is 35.0 Å². The highest BCUT2D eigenvalue weighted by Gasteiger charge is 2.22. The number of likely N-dealkylation sites (tertiary alicyclic amines) is 1. The quantitative estimate of drug-likeness (QED) is 0.876. The first-order valence-electron chi connectivity index (χ1n) is 7.27. The van der Waals surface area contributed by atoms with Crippen molar-refractivity contribution in [3.63, 3.8) is 0 Å². The van der Waals surface area contributed by atoms with Crippen LogP contribution in [0.2, 0.25) is 0 Å². The smallest absolute Gasteiger partial charge is 0.306 e. The van der Waals surface area contributed by atoms with E-state index in [2.05, 4.69) is 9.88 Å². The number of imidazole rings is 1. The van der Waals surface area contributed by atoms with Crippen molar-refractivity contribution in [1.82, 2.24) is 14.5 Å². The molecule has 1 aromatic carbocycles. The first kappa shape index (κ1) is 16.4. The molecule has 6 heteroatoms. The van der Waals surface area contributed by atoms with Crippen molar-refractivity contribution in [3.05, 3.63) is 34.7 Å². The Hall–Kier alpha value is -0.970. The fourth-order valence-corrected chi connectivity index (χ4v) is 3.24. The molecule has 1 N–H and O–H groups in total. The Balaban J connectivity index is 0.00000161. The maximum atomic E-state index is 12.2. The lowest BCUT2D eigenvalue weighted by atomic mass is 10.0. The largest absolute Gasteiger partial charge is 0.326 e. The van der Waals surface area contributed by atoms with Gasteiger partial charge < -0.3 is 9.88 Å². The third kappa shape index (κ3) is 3.44. The molecule has 0 bridgehead atoms. The average molecular weight is 330 g/mol. The molecule has 4 nitrogen and oxygen atoms in total. The summed E-state index contributed by atoms with van der Waals surface area (Å²) in [5.41, 5.74) is 1.98. The van der Waals surface area contributed by atoms with Gasteiger partial charge in [-0.15, -0.1) is 24.0 Å². The monoisotopic (exact) mass is 329 g/mol. The average Bonchev–Trinajstić information content (AvgIpc) is 2.81. The molecule has 1 fully saturated rings. The van der Waals surface area contributed by atoms with Gasteiger partial charge in [0.15, 0.2) is 0 Å². The normalized spacial score (nSPS) is 17.0. The number of halogens is 2. The van der Waals surface area contributed by atoms with Crippen molar-refractivity contribution in [3.8, 4) is 0 Å². The zero-order valence-corrected chi connectivity index (χ0v) is 13.5. The molecule has 0 unspecified atom stereocenters. The van der Waals surface area contributed by atoms with E-state index in [1.807, 2.05) is 28.8 Å². The molecule has 1 aliphatic heterocycles. The van der Waals surface area contributed by atoms with Crippen molar-refractivity contribution in [1.29, 1.82) is 0 Å². The number of H-pyrrole nitrogens is 1. The SMILES string of the molecule is Cl.O=c1[nH]c2ccccc2n1C1CCN(CCCCl)CC1. The summed E-state index contributed by atoms with van der Waals surface area (Å²) < 4.78 is 1.94. The van der Waals surface area contributed by atoms with E-state index in [-0.39, 0.29) is 18.1 Å². The van der Waals surface area contributed by atoms with Crippen LogP contribution in [0.1, 0.15) is 25.3 Å². The Kier molecular flexibility index (Phi) is 5.73. The topological polar surface area (TPSA) is 41.0 Å². The number of aromatic nitrogens is 2. The molecule has 0 aliphatic carbocycles. The molecular weight excluding hydrogens is 309 g/mol. The van der Waals surface area contributed by atoms with E-state index in [0.717, 1.165) is 55.8 Å². The zero-order valence-electron chi connectivity index (χ0n) is 11.9. The summed E-state index contributed by atoms with van der Waals surface area (Å²) in [6.45, 7) is 3.17. The van der Waals surface area contributed by atoms with Crippen LogP contribution < -0.4 is 5.69 Å². The Morgan fingerprint density at radius 2 is 1.95 bits per heavy atom. The molecule has 3 rings (SSSR count). The first-order chi connectivity index (χ1) is 9.79. The summed E-state index contributed by atoms with van der Waals surface area (Å²) in [6.07, 6.45) is 3.10. The van der Waals surface area contributed by atoms with Crippen LogP contribution >= 0.6 is 24.0 Å². The highest BCUT2D eigenvalue weighted by molar-refractivity contribution is 6.17. The zero-order chi connectivity index (χ0) is 13.9. The van der Waals surface area contributed by atoms with E-state index < -0.39 is 0 Å². The lowest BCUT2D eigenvalue weighted by Crippen LogP contribution is -2.37. The molecule has 1 aromatic heterocycles. The Morgan fingerprint density at radius 1 is 1.24 bits per heavy atom. The molecular formula is C15H21Cl2N3O. The summed E-state index contributed by atoms with van der Waals surface area (Å²) in [5.74, 6) is 0.724. The molecule has 2 aromatic rings. The summed E-state index contributed by atoms with van der Waals surface area (Å²) in [5, 5.41) is 0. The van der Waals surface area contributed by atoms with Crippen LogP contribution in [0.3, 0.4) is 0 Å². The van der Waals surface area contributed by atoms with Gasteiger partial charge >= 0.3 is 5.69 Å². The second-order valence-corrected chi connectivity index (χ2v) is 5.81. The molecule has 0 saturated carbocycles. The van der Waals surface area contributed by atoms with Crippen molar-refractivity contribution in [2.24, 2.45) is 0 Å². The van der Waals surface area contributed by atoms with Gasteiger partial charge in [-0.3, -0.25) is 4.57 Å². The molecule has 1 aliphatic rings. The number of nitrogens with one attached hydrogen (secondary N) is 1. The van der Waals surface area contributed by atoms with E-state index >= 15 is 0 Å². The number of fused-ring (bicyclic) bond motifs is 1. The number of hydrogen-bond donors (Lipinski definition) is 1. The number of nitrogens with zero attached hydrogens (tertiary/aromatic N) is 2. The molecule has 2 heterocycles. The molecule has 116 valence electrons. The Morgan fingerprint density at radius 3 is 2.67 bits per heavy atom. The standard InChI is InChI=1S/C15H20ClN3O.ClH/c16-8-3-9-18-10-6-12(7-11-18)19-14-5-2-1-4-13(14)17-15(19)20;/h1-2,4-5,12H,3,6-11H2,(H,17,20);1H. The van der Waals surface area contributed by atoms with Gasteiger partial charge in [-0.25, -0.2) is 4.79 Å². The minimum Gasteiger partial charge on any atom is -0.306 e. The van der Waals surface area contributed by atoms with Crippen LogP contribution in [-0.2, 0) is 0 Å². The van der Waals surface area contributed by atoms with E-state index in [9.17, 15) is 4.79 Å². The van der Waals surface area contributed by atoms with E-state index in [4.69, 9.17) is 11.6 Å².